The molecule has 0 aliphatic carbocycles. The number of ether oxygens (including phenoxy) is 1. The van der Waals surface area contributed by atoms with Crippen LogP contribution in [0.25, 0.3) is 0 Å². The van der Waals surface area contributed by atoms with E-state index in [0.29, 0.717) is 26.3 Å². The van der Waals surface area contributed by atoms with Crippen molar-refractivity contribution in [3.63, 3.8) is 0 Å². The van der Waals surface area contributed by atoms with Crippen LogP contribution in [0.4, 0.5) is 0 Å². The fourth-order valence-electron chi connectivity index (χ4n) is 2.77. The maximum atomic E-state index is 5.91. The van der Waals surface area contributed by atoms with Crippen molar-refractivity contribution in [2.75, 3.05) is 7.05 Å². The third-order valence-corrected chi connectivity index (χ3v) is 5.15. The first kappa shape index (κ1) is 20.0. The van der Waals surface area contributed by atoms with E-state index in [-0.39, 0.29) is 0 Å². The molecule has 0 saturated carbocycles. The molecule has 1 heterocycles. The molecule has 0 aliphatic heterocycles. The average molecular weight is 395 g/mol. The molecule has 3 rings (SSSR count). The van der Waals surface area contributed by atoms with Crippen molar-refractivity contribution in [1.29, 1.82) is 0 Å². The Bertz CT molecular complexity index is 892. The van der Waals surface area contributed by atoms with Crippen LogP contribution in [0.15, 0.2) is 65.8 Å². The average Bonchev–Trinajstić information content (AvgIpc) is 3.15. The molecule has 0 atom stereocenters. The predicted molar refractivity (Wildman–Crippen MR) is 115 cm³/mol. The van der Waals surface area contributed by atoms with Gasteiger partial charge in [-0.1, -0.05) is 54.6 Å². The third-order valence-electron chi connectivity index (χ3n) is 4.23. The molecule has 3 aromatic rings. The van der Waals surface area contributed by atoms with Crippen molar-refractivity contribution < 1.29 is 4.74 Å². The van der Waals surface area contributed by atoms with Gasteiger partial charge in [-0.15, -0.1) is 11.3 Å². The van der Waals surface area contributed by atoms with Crippen molar-refractivity contribution >= 4 is 17.3 Å². The largest absolute Gasteiger partial charge is 0.372 e. The molecule has 0 fully saturated rings. The fourth-order valence-corrected chi connectivity index (χ4v) is 3.49. The highest BCUT2D eigenvalue weighted by Gasteiger charge is 2.05. The number of guanidine groups is 1. The van der Waals surface area contributed by atoms with Crippen molar-refractivity contribution in [3.8, 4) is 0 Å². The van der Waals surface area contributed by atoms with Gasteiger partial charge in [0.05, 0.1) is 19.8 Å². The predicted octanol–water partition coefficient (Wildman–Crippen LogP) is 4.03. The van der Waals surface area contributed by atoms with Crippen LogP contribution in [0, 0.1) is 6.92 Å². The lowest BCUT2D eigenvalue weighted by Gasteiger charge is -2.14. The van der Waals surface area contributed by atoms with E-state index in [2.05, 4.69) is 51.8 Å². The quantitative estimate of drug-likeness (QED) is 0.447. The van der Waals surface area contributed by atoms with Gasteiger partial charge in [-0.3, -0.25) is 4.99 Å². The molecule has 146 valence electrons. The summed E-state index contributed by atoms with van der Waals surface area (Å²) in [6.07, 6.45) is 1.89. The lowest BCUT2D eigenvalue weighted by Crippen LogP contribution is -2.36. The second kappa shape index (κ2) is 10.6. The minimum atomic E-state index is 0.581. The minimum Gasteiger partial charge on any atom is -0.372 e. The van der Waals surface area contributed by atoms with Gasteiger partial charge < -0.3 is 15.4 Å². The molecule has 2 N–H and O–H groups in total. The molecular formula is C22H26N4OS. The van der Waals surface area contributed by atoms with Crippen LogP contribution in [-0.2, 0) is 31.0 Å². The molecule has 0 unspecified atom stereocenters. The van der Waals surface area contributed by atoms with Gasteiger partial charge in [0, 0.05) is 24.7 Å². The number of thiazole rings is 1. The van der Waals surface area contributed by atoms with Gasteiger partial charge in [-0.25, -0.2) is 4.98 Å². The second-order valence-electron chi connectivity index (χ2n) is 6.39. The summed E-state index contributed by atoms with van der Waals surface area (Å²) < 4.78 is 5.91. The summed E-state index contributed by atoms with van der Waals surface area (Å²) in [5, 5.41) is 7.73. The Morgan fingerprint density at radius 3 is 2.39 bits per heavy atom. The van der Waals surface area contributed by atoms with Gasteiger partial charge in [-0.05, 0) is 23.6 Å². The number of aryl methyl sites for hydroxylation is 1. The highest BCUT2D eigenvalue weighted by atomic mass is 32.1. The summed E-state index contributed by atoms with van der Waals surface area (Å²) in [5.74, 6) is 0.757. The monoisotopic (exact) mass is 394 g/mol. The Balaban J connectivity index is 1.50. The van der Waals surface area contributed by atoms with E-state index in [9.17, 15) is 0 Å². The molecule has 6 heteroatoms. The summed E-state index contributed by atoms with van der Waals surface area (Å²) in [6, 6.07) is 18.5. The molecule has 2 aromatic carbocycles. The standard InChI is InChI=1S/C22H26N4OS/c1-17-12-24-21(28-17)14-26-22(23-2)25-13-19-10-6-7-11-20(19)16-27-15-18-8-4-3-5-9-18/h3-12H,13-16H2,1-2H3,(H2,23,25,26). The minimum absolute atomic E-state index is 0.581. The Morgan fingerprint density at radius 2 is 1.68 bits per heavy atom. The van der Waals surface area contributed by atoms with Crippen LogP contribution in [0.5, 0.6) is 0 Å². The molecule has 0 amide bonds. The molecule has 5 nitrogen and oxygen atoms in total. The zero-order chi connectivity index (χ0) is 19.6. The van der Waals surface area contributed by atoms with E-state index in [1.165, 1.54) is 21.6 Å². The Kier molecular flexibility index (Phi) is 7.58. The highest BCUT2D eigenvalue weighted by molar-refractivity contribution is 7.11. The zero-order valence-corrected chi connectivity index (χ0v) is 17.1. The Hall–Kier alpha value is -2.70. The topological polar surface area (TPSA) is 58.5 Å². The molecule has 0 radical (unpaired) electrons. The number of hydrogen-bond acceptors (Lipinski definition) is 4. The summed E-state index contributed by atoms with van der Waals surface area (Å²) >= 11 is 1.69. The van der Waals surface area contributed by atoms with Gasteiger partial charge in [0.15, 0.2) is 5.96 Å². The third kappa shape index (κ3) is 6.18. The normalized spacial score (nSPS) is 11.4. The van der Waals surface area contributed by atoms with E-state index < -0.39 is 0 Å². The van der Waals surface area contributed by atoms with Gasteiger partial charge in [0.1, 0.15) is 5.01 Å². The SMILES string of the molecule is CN=C(NCc1ncc(C)s1)NCc1ccccc1COCc1ccccc1. The number of benzene rings is 2. The summed E-state index contributed by atoms with van der Waals surface area (Å²) in [4.78, 5) is 9.88. The van der Waals surface area contributed by atoms with Crippen molar-refractivity contribution in [1.82, 2.24) is 15.6 Å². The zero-order valence-electron chi connectivity index (χ0n) is 16.3. The summed E-state index contributed by atoms with van der Waals surface area (Å²) in [5.41, 5.74) is 3.56. The number of nitrogens with zero attached hydrogens (tertiary/aromatic N) is 2. The van der Waals surface area contributed by atoms with Crippen LogP contribution in [0.1, 0.15) is 26.6 Å². The van der Waals surface area contributed by atoms with Gasteiger partial charge in [0.25, 0.3) is 0 Å². The Labute approximate surface area is 170 Å². The second-order valence-corrected chi connectivity index (χ2v) is 7.71. The maximum absolute atomic E-state index is 5.91. The molecule has 0 saturated heterocycles. The first-order chi connectivity index (χ1) is 13.7. The number of rotatable bonds is 8. The van der Waals surface area contributed by atoms with Gasteiger partial charge >= 0.3 is 0 Å². The van der Waals surface area contributed by atoms with Crippen LogP contribution in [0.2, 0.25) is 0 Å². The molecular weight excluding hydrogens is 368 g/mol. The Morgan fingerprint density at radius 1 is 0.964 bits per heavy atom. The van der Waals surface area contributed by atoms with Crippen molar-refractivity contribution in [3.05, 3.63) is 87.4 Å². The molecule has 0 spiro atoms. The van der Waals surface area contributed by atoms with E-state index in [0.717, 1.165) is 11.0 Å². The first-order valence-corrected chi connectivity index (χ1v) is 10.1. The van der Waals surface area contributed by atoms with Crippen LogP contribution in [-0.4, -0.2) is 18.0 Å². The van der Waals surface area contributed by atoms with Crippen LogP contribution >= 0.6 is 11.3 Å². The summed E-state index contributed by atoms with van der Waals surface area (Å²) in [7, 11) is 1.78. The van der Waals surface area contributed by atoms with E-state index in [1.54, 1.807) is 18.4 Å². The van der Waals surface area contributed by atoms with E-state index in [4.69, 9.17) is 4.74 Å². The smallest absolute Gasteiger partial charge is 0.191 e. The van der Waals surface area contributed by atoms with Crippen LogP contribution < -0.4 is 10.6 Å². The number of hydrogen-bond donors (Lipinski definition) is 2. The fraction of sp³-hybridized carbons (Fsp3) is 0.273. The lowest BCUT2D eigenvalue weighted by molar-refractivity contribution is 0.106. The van der Waals surface area contributed by atoms with E-state index >= 15 is 0 Å². The van der Waals surface area contributed by atoms with Gasteiger partial charge in [-0.2, -0.15) is 0 Å². The molecule has 0 aliphatic rings. The molecule has 0 bridgehead atoms. The molecule has 28 heavy (non-hydrogen) atoms. The van der Waals surface area contributed by atoms with Crippen LogP contribution in [0.3, 0.4) is 0 Å². The van der Waals surface area contributed by atoms with Crippen molar-refractivity contribution in [2.45, 2.75) is 33.2 Å². The lowest BCUT2D eigenvalue weighted by atomic mass is 10.1. The number of aliphatic imine (C=N–C) groups is 1. The highest BCUT2D eigenvalue weighted by Crippen LogP contribution is 2.12. The first-order valence-electron chi connectivity index (χ1n) is 9.29. The number of aromatic nitrogens is 1. The molecule has 1 aromatic heterocycles. The summed E-state index contributed by atoms with van der Waals surface area (Å²) in [6.45, 7) is 4.60. The maximum Gasteiger partial charge on any atom is 0.191 e. The van der Waals surface area contributed by atoms with Crippen molar-refractivity contribution in [2.24, 2.45) is 4.99 Å². The van der Waals surface area contributed by atoms with Gasteiger partial charge in [0.2, 0.25) is 0 Å². The number of nitrogens with one attached hydrogen (secondary N) is 2. The van der Waals surface area contributed by atoms with E-state index in [1.807, 2.05) is 36.5 Å².